The highest BCUT2D eigenvalue weighted by Crippen LogP contribution is 2.24. The minimum absolute atomic E-state index is 0.0324. The molecule has 2 saturated heterocycles. The Bertz CT molecular complexity index is 262. The average molecular weight is 197 g/mol. The second-order valence-corrected chi connectivity index (χ2v) is 4.01. The van der Waals surface area contributed by atoms with Crippen LogP contribution in [0.4, 0.5) is 0 Å². The highest BCUT2D eigenvalue weighted by molar-refractivity contribution is 5.88. The maximum Gasteiger partial charge on any atom is 0.223 e. The summed E-state index contributed by atoms with van der Waals surface area (Å²) in [7, 11) is 0. The molecule has 14 heavy (non-hydrogen) atoms. The van der Waals surface area contributed by atoms with Crippen molar-refractivity contribution in [3.8, 4) is 0 Å². The lowest BCUT2D eigenvalue weighted by Crippen LogP contribution is -2.59. The highest BCUT2D eigenvalue weighted by Gasteiger charge is 2.38. The van der Waals surface area contributed by atoms with Crippen molar-refractivity contribution in [1.82, 2.24) is 4.90 Å². The van der Waals surface area contributed by atoms with E-state index < -0.39 is 0 Å². The van der Waals surface area contributed by atoms with Gasteiger partial charge in [-0.05, 0) is 19.8 Å². The fraction of sp³-hybridized carbons (Fsp3) is 0.800. The Labute approximate surface area is 83.2 Å². The number of ketones is 1. The Balaban J connectivity index is 2.18. The summed E-state index contributed by atoms with van der Waals surface area (Å²) in [5.74, 6) is 0.148. The summed E-state index contributed by atoms with van der Waals surface area (Å²) in [5.41, 5.74) is 0. The topological polar surface area (TPSA) is 46.6 Å². The number of nitrogens with zero attached hydrogens (tertiary/aromatic N) is 1. The molecule has 0 aliphatic carbocycles. The summed E-state index contributed by atoms with van der Waals surface area (Å²) in [6.45, 7) is 2.49. The summed E-state index contributed by atoms with van der Waals surface area (Å²) < 4.78 is 5.35. The number of hydrogen-bond acceptors (Lipinski definition) is 3. The van der Waals surface area contributed by atoms with Gasteiger partial charge in [0, 0.05) is 6.42 Å². The van der Waals surface area contributed by atoms with E-state index in [0.29, 0.717) is 19.6 Å². The number of piperidine rings is 1. The summed E-state index contributed by atoms with van der Waals surface area (Å²) in [5, 5.41) is 0. The number of carbonyl (C=O) groups excluding carboxylic acids is 2. The number of rotatable bonds is 1. The normalized spacial score (nSPS) is 32.6. The quantitative estimate of drug-likeness (QED) is 0.609. The van der Waals surface area contributed by atoms with Crippen LogP contribution in [0.15, 0.2) is 0 Å². The monoisotopic (exact) mass is 197 g/mol. The van der Waals surface area contributed by atoms with E-state index >= 15 is 0 Å². The van der Waals surface area contributed by atoms with Gasteiger partial charge < -0.3 is 9.64 Å². The summed E-state index contributed by atoms with van der Waals surface area (Å²) in [6, 6.07) is -0.194. The van der Waals surface area contributed by atoms with Gasteiger partial charge >= 0.3 is 0 Å². The minimum atomic E-state index is -0.332. The first-order chi connectivity index (χ1) is 6.70. The van der Waals surface area contributed by atoms with Crippen molar-refractivity contribution in [2.24, 2.45) is 0 Å². The van der Waals surface area contributed by atoms with E-state index in [9.17, 15) is 9.59 Å². The van der Waals surface area contributed by atoms with Crippen LogP contribution in [0.1, 0.15) is 26.2 Å². The molecule has 4 heteroatoms. The second-order valence-electron chi connectivity index (χ2n) is 4.01. The van der Waals surface area contributed by atoms with Gasteiger partial charge in [0.25, 0.3) is 0 Å². The van der Waals surface area contributed by atoms with E-state index in [4.69, 9.17) is 4.74 Å². The van der Waals surface area contributed by atoms with Crippen molar-refractivity contribution in [1.29, 1.82) is 0 Å². The first-order valence-electron chi connectivity index (χ1n) is 5.09. The molecule has 2 rings (SSSR count). The van der Waals surface area contributed by atoms with Gasteiger partial charge in [0.2, 0.25) is 5.91 Å². The van der Waals surface area contributed by atoms with Gasteiger partial charge in [0.05, 0.1) is 19.3 Å². The van der Waals surface area contributed by atoms with Crippen molar-refractivity contribution in [2.75, 3.05) is 13.2 Å². The van der Waals surface area contributed by atoms with Crippen molar-refractivity contribution in [3.63, 3.8) is 0 Å². The van der Waals surface area contributed by atoms with E-state index in [1.54, 1.807) is 4.90 Å². The first kappa shape index (κ1) is 9.65. The zero-order valence-electron chi connectivity index (χ0n) is 8.36. The molecule has 2 aliphatic heterocycles. The fourth-order valence-electron chi connectivity index (χ4n) is 2.26. The van der Waals surface area contributed by atoms with E-state index in [1.807, 2.05) is 0 Å². The van der Waals surface area contributed by atoms with Crippen LogP contribution < -0.4 is 0 Å². The number of Topliss-reactive ketones (excluding diaryl/α,β-unsaturated/α-hetero) is 1. The SMILES string of the molecule is CC(=O)C1COCC2CCCC(=O)N21. The molecular formula is C10H15NO3. The molecule has 0 N–H and O–H groups in total. The molecule has 78 valence electrons. The molecule has 0 radical (unpaired) electrons. The van der Waals surface area contributed by atoms with E-state index in [-0.39, 0.29) is 23.8 Å². The van der Waals surface area contributed by atoms with Crippen LogP contribution in [0.25, 0.3) is 0 Å². The zero-order chi connectivity index (χ0) is 10.1. The third-order valence-corrected chi connectivity index (χ3v) is 3.00. The lowest BCUT2D eigenvalue weighted by Gasteiger charge is -2.43. The van der Waals surface area contributed by atoms with E-state index in [1.165, 1.54) is 6.92 Å². The molecule has 2 heterocycles. The summed E-state index contributed by atoms with van der Waals surface area (Å²) >= 11 is 0. The van der Waals surface area contributed by atoms with E-state index in [0.717, 1.165) is 12.8 Å². The molecular weight excluding hydrogens is 182 g/mol. The molecule has 0 aromatic rings. The number of carbonyl (C=O) groups is 2. The van der Waals surface area contributed by atoms with Crippen molar-refractivity contribution < 1.29 is 14.3 Å². The number of ether oxygens (including phenoxy) is 1. The van der Waals surface area contributed by atoms with Crippen LogP contribution in [0.2, 0.25) is 0 Å². The van der Waals surface area contributed by atoms with Gasteiger partial charge in [-0.3, -0.25) is 9.59 Å². The van der Waals surface area contributed by atoms with Crippen molar-refractivity contribution in [3.05, 3.63) is 0 Å². The smallest absolute Gasteiger partial charge is 0.223 e. The number of amides is 1. The molecule has 4 nitrogen and oxygen atoms in total. The van der Waals surface area contributed by atoms with Gasteiger partial charge in [0.15, 0.2) is 5.78 Å². The van der Waals surface area contributed by atoms with Crippen LogP contribution in [0.3, 0.4) is 0 Å². The van der Waals surface area contributed by atoms with Crippen LogP contribution in [-0.2, 0) is 14.3 Å². The molecule has 2 fully saturated rings. The van der Waals surface area contributed by atoms with Crippen LogP contribution in [0, 0.1) is 0 Å². The largest absolute Gasteiger partial charge is 0.377 e. The first-order valence-corrected chi connectivity index (χ1v) is 5.09. The minimum Gasteiger partial charge on any atom is -0.377 e. The molecule has 0 aromatic carbocycles. The molecule has 2 atom stereocenters. The third-order valence-electron chi connectivity index (χ3n) is 3.00. The standard InChI is InChI=1S/C10H15NO3/c1-7(12)9-6-14-5-8-3-2-4-10(13)11(8)9/h8-9H,2-6H2,1H3. The Kier molecular flexibility index (Phi) is 2.54. The molecule has 2 unspecified atom stereocenters. The van der Waals surface area contributed by atoms with Crippen LogP contribution in [0.5, 0.6) is 0 Å². The lowest BCUT2D eigenvalue weighted by atomic mass is 9.97. The highest BCUT2D eigenvalue weighted by atomic mass is 16.5. The zero-order valence-corrected chi connectivity index (χ0v) is 8.36. The van der Waals surface area contributed by atoms with Gasteiger partial charge in [-0.25, -0.2) is 0 Å². The van der Waals surface area contributed by atoms with Gasteiger partial charge in [-0.15, -0.1) is 0 Å². The van der Waals surface area contributed by atoms with Gasteiger partial charge in [0.1, 0.15) is 6.04 Å². The second kappa shape index (κ2) is 3.69. The summed E-state index contributed by atoms with van der Waals surface area (Å²) in [6.07, 6.45) is 2.48. The Morgan fingerprint density at radius 3 is 3.00 bits per heavy atom. The Hall–Kier alpha value is -0.900. The maximum atomic E-state index is 11.7. The van der Waals surface area contributed by atoms with Crippen molar-refractivity contribution >= 4 is 11.7 Å². The van der Waals surface area contributed by atoms with Crippen molar-refractivity contribution in [2.45, 2.75) is 38.3 Å². The van der Waals surface area contributed by atoms with Crippen LogP contribution in [-0.4, -0.2) is 41.9 Å². The Morgan fingerprint density at radius 1 is 1.50 bits per heavy atom. The summed E-state index contributed by atoms with van der Waals surface area (Å²) in [4.78, 5) is 24.7. The molecule has 2 aliphatic rings. The number of fused-ring (bicyclic) bond motifs is 1. The Morgan fingerprint density at radius 2 is 2.29 bits per heavy atom. The average Bonchev–Trinajstić information content (AvgIpc) is 2.17. The predicted octanol–water partition coefficient (Wildman–Crippen LogP) is 0.355. The predicted molar refractivity (Wildman–Crippen MR) is 49.8 cm³/mol. The lowest BCUT2D eigenvalue weighted by molar-refractivity contribution is -0.156. The molecule has 0 aromatic heterocycles. The molecule has 0 saturated carbocycles. The molecule has 0 bridgehead atoms. The fourth-order valence-corrected chi connectivity index (χ4v) is 2.26. The molecule has 0 spiro atoms. The van der Waals surface area contributed by atoms with Gasteiger partial charge in [-0.2, -0.15) is 0 Å². The van der Waals surface area contributed by atoms with E-state index in [2.05, 4.69) is 0 Å². The maximum absolute atomic E-state index is 11.7. The third kappa shape index (κ3) is 1.54. The van der Waals surface area contributed by atoms with Gasteiger partial charge in [-0.1, -0.05) is 0 Å². The number of morpholine rings is 1. The van der Waals surface area contributed by atoms with Crippen LogP contribution >= 0.6 is 0 Å². The number of hydrogen-bond donors (Lipinski definition) is 0. The molecule has 1 amide bonds.